The molecule has 0 fully saturated rings. The van der Waals surface area contributed by atoms with Gasteiger partial charge in [-0.15, -0.1) is 0 Å². The molecular formula is C20H20N2O2. The number of benzene rings is 2. The molecule has 1 aromatic heterocycles. The molecule has 122 valence electrons. The van der Waals surface area contributed by atoms with E-state index < -0.39 is 0 Å². The molecule has 2 aromatic carbocycles. The van der Waals surface area contributed by atoms with Gasteiger partial charge in [0.2, 0.25) is 0 Å². The largest absolute Gasteiger partial charge is 0.484 e. The first kappa shape index (κ1) is 14.8. The standard InChI is InChI=1S/C20H20N2O2/c1-14-6-8-15(9-7-14)24-13-20(23)22-11-10-17-16-4-2-3-5-18(16)21-19(17)12-22/h2-9,21H,10-13H2,1H3. The number of amides is 1. The molecule has 0 unspecified atom stereocenters. The van der Waals surface area contributed by atoms with Crippen molar-refractivity contribution in [2.75, 3.05) is 13.2 Å². The second-order valence-corrected chi connectivity index (χ2v) is 6.29. The molecule has 4 heteroatoms. The van der Waals surface area contributed by atoms with Crippen LogP contribution in [0.3, 0.4) is 0 Å². The Bertz CT molecular complexity index is 880. The number of carbonyl (C=O) groups is 1. The minimum absolute atomic E-state index is 0.0277. The maximum atomic E-state index is 12.5. The van der Waals surface area contributed by atoms with Gasteiger partial charge in [0, 0.05) is 23.1 Å². The Hall–Kier alpha value is -2.75. The van der Waals surface area contributed by atoms with Crippen LogP contribution in [0.5, 0.6) is 5.75 Å². The maximum Gasteiger partial charge on any atom is 0.260 e. The minimum Gasteiger partial charge on any atom is -0.484 e. The zero-order valence-electron chi connectivity index (χ0n) is 13.7. The average Bonchev–Trinajstić information content (AvgIpc) is 2.98. The molecule has 1 aliphatic heterocycles. The lowest BCUT2D eigenvalue weighted by atomic mass is 10.0. The molecule has 0 bridgehead atoms. The molecule has 1 aliphatic rings. The third-order valence-electron chi connectivity index (χ3n) is 4.62. The lowest BCUT2D eigenvalue weighted by molar-refractivity contribution is -0.134. The van der Waals surface area contributed by atoms with Crippen molar-refractivity contribution in [2.24, 2.45) is 0 Å². The average molecular weight is 320 g/mol. The van der Waals surface area contributed by atoms with E-state index in [2.05, 4.69) is 23.2 Å². The number of aromatic nitrogens is 1. The van der Waals surface area contributed by atoms with Gasteiger partial charge < -0.3 is 14.6 Å². The summed E-state index contributed by atoms with van der Waals surface area (Å²) in [5, 5.41) is 1.27. The Morgan fingerprint density at radius 1 is 1.17 bits per heavy atom. The molecule has 24 heavy (non-hydrogen) atoms. The third-order valence-corrected chi connectivity index (χ3v) is 4.62. The summed E-state index contributed by atoms with van der Waals surface area (Å²) in [4.78, 5) is 17.8. The molecule has 2 heterocycles. The first-order valence-electron chi connectivity index (χ1n) is 8.26. The van der Waals surface area contributed by atoms with Crippen LogP contribution in [0.25, 0.3) is 10.9 Å². The molecule has 4 nitrogen and oxygen atoms in total. The topological polar surface area (TPSA) is 45.3 Å². The van der Waals surface area contributed by atoms with E-state index in [4.69, 9.17) is 4.74 Å². The third kappa shape index (κ3) is 2.75. The summed E-state index contributed by atoms with van der Waals surface area (Å²) in [6.45, 7) is 3.48. The van der Waals surface area contributed by atoms with Crippen molar-refractivity contribution < 1.29 is 9.53 Å². The fraction of sp³-hybridized carbons (Fsp3) is 0.250. The highest BCUT2D eigenvalue weighted by molar-refractivity contribution is 5.85. The summed E-state index contributed by atoms with van der Waals surface area (Å²) in [5.74, 6) is 0.761. The van der Waals surface area contributed by atoms with Crippen LogP contribution in [0, 0.1) is 6.92 Å². The van der Waals surface area contributed by atoms with Crippen LogP contribution in [0.2, 0.25) is 0 Å². The van der Waals surface area contributed by atoms with Crippen molar-refractivity contribution in [3.8, 4) is 5.75 Å². The fourth-order valence-corrected chi connectivity index (χ4v) is 3.28. The second-order valence-electron chi connectivity index (χ2n) is 6.29. The molecule has 3 aromatic rings. The quantitative estimate of drug-likeness (QED) is 0.803. The molecule has 0 saturated heterocycles. The van der Waals surface area contributed by atoms with E-state index in [1.807, 2.05) is 42.2 Å². The van der Waals surface area contributed by atoms with E-state index in [-0.39, 0.29) is 12.5 Å². The van der Waals surface area contributed by atoms with Crippen molar-refractivity contribution in [3.05, 3.63) is 65.4 Å². The number of aromatic amines is 1. The number of H-pyrrole nitrogens is 1. The molecule has 0 saturated carbocycles. The van der Waals surface area contributed by atoms with Gasteiger partial charge in [-0.3, -0.25) is 4.79 Å². The van der Waals surface area contributed by atoms with Crippen LogP contribution in [0.1, 0.15) is 16.8 Å². The monoisotopic (exact) mass is 320 g/mol. The number of hydrogen-bond acceptors (Lipinski definition) is 2. The van der Waals surface area contributed by atoms with E-state index in [0.717, 1.165) is 29.9 Å². The van der Waals surface area contributed by atoms with E-state index in [1.54, 1.807) is 0 Å². The van der Waals surface area contributed by atoms with Crippen molar-refractivity contribution >= 4 is 16.8 Å². The summed E-state index contributed by atoms with van der Waals surface area (Å²) in [6.07, 6.45) is 0.885. The number of rotatable bonds is 3. The minimum atomic E-state index is 0.0277. The normalized spacial score (nSPS) is 13.8. The van der Waals surface area contributed by atoms with Gasteiger partial charge in [0.05, 0.1) is 6.54 Å². The molecule has 0 spiro atoms. The van der Waals surface area contributed by atoms with Gasteiger partial charge in [0.15, 0.2) is 6.61 Å². The van der Waals surface area contributed by atoms with Crippen molar-refractivity contribution in [1.82, 2.24) is 9.88 Å². The van der Waals surface area contributed by atoms with Gasteiger partial charge in [0.1, 0.15) is 5.75 Å². The number of hydrogen-bond donors (Lipinski definition) is 1. The van der Waals surface area contributed by atoms with E-state index >= 15 is 0 Å². The van der Waals surface area contributed by atoms with E-state index in [9.17, 15) is 4.79 Å². The Labute approximate surface area is 141 Å². The van der Waals surface area contributed by atoms with Crippen molar-refractivity contribution in [3.63, 3.8) is 0 Å². The molecule has 1 amide bonds. The van der Waals surface area contributed by atoms with Gasteiger partial charge in [0.25, 0.3) is 5.91 Å². The number of ether oxygens (including phenoxy) is 1. The Kier molecular flexibility index (Phi) is 3.73. The van der Waals surface area contributed by atoms with Crippen LogP contribution < -0.4 is 4.74 Å². The van der Waals surface area contributed by atoms with Crippen LogP contribution in [-0.4, -0.2) is 28.9 Å². The summed E-state index contributed by atoms with van der Waals surface area (Å²) in [6, 6.07) is 16.1. The first-order valence-corrected chi connectivity index (χ1v) is 8.26. The molecule has 1 N–H and O–H groups in total. The Morgan fingerprint density at radius 2 is 1.96 bits per heavy atom. The van der Waals surface area contributed by atoms with Crippen LogP contribution in [0.15, 0.2) is 48.5 Å². The molecular weight excluding hydrogens is 300 g/mol. The lowest BCUT2D eigenvalue weighted by Gasteiger charge is -2.27. The smallest absolute Gasteiger partial charge is 0.260 e. The molecule has 4 rings (SSSR count). The lowest BCUT2D eigenvalue weighted by Crippen LogP contribution is -2.38. The zero-order valence-corrected chi connectivity index (χ0v) is 13.7. The summed E-state index contributed by atoms with van der Waals surface area (Å²) in [7, 11) is 0. The van der Waals surface area contributed by atoms with E-state index in [1.165, 1.54) is 16.5 Å². The highest BCUT2D eigenvalue weighted by Crippen LogP contribution is 2.27. The summed E-state index contributed by atoms with van der Waals surface area (Å²) in [5.41, 5.74) is 4.81. The first-order chi connectivity index (χ1) is 11.7. The second kappa shape index (κ2) is 6.04. The van der Waals surface area contributed by atoms with E-state index in [0.29, 0.717) is 6.54 Å². The van der Waals surface area contributed by atoms with Crippen molar-refractivity contribution in [1.29, 1.82) is 0 Å². The predicted molar refractivity (Wildman–Crippen MR) is 94.1 cm³/mol. The van der Waals surface area contributed by atoms with Crippen LogP contribution >= 0.6 is 0 Å². The zero-order chi connectivity index (χ0) is 16.5. The maximum absolute atomic E-state index is 12.5. The highest BCUT2D eigenvalue weighted by Gasteiger charge is 2.23. The number of aryl methyl sites for hydroxylation is 1. The van der Waals surface area contributed by atoms with Gasteiger partial charge in [-0.2, -0.15) is 0 Å². The molecule has 0 radical (unpaired) electrons. The van der Waals surface area contributed by atoms with Crippen LogP contribution in [0.4, 0.5) is 0 Å². The van der Waals surface area contributed by atoms with Gasteiger partial charge in [-0.25, -0.2) is 0 Å². The predicted octanol–water partition coefficient (Wildman–Crippen LogP) is 3.44. The SMILES string of the molecule is Cc1ccc(OCC(=O)N2CCc3c([nH]c4ccccc34)C2)cc1. The molecule has 0 aliphatic carbocycles. The van der Waals surface area contributed by atoms with Gasteiger partial charge in [-0.05, 0) is 37.1 Å². The Balaban J connectivity index is 1.44. The van der Waals surface area contributed by atoms with Crippen molar-refractivity contribution in [2.45, 2.75) is 19.9 Å². The summed E-state index contributed by atoms with van der Waals surface area (Å²) < 4.78 is 5.62. The molecule has 0 atom stereocenters. The number of fused-ring (bicyclic) bond motifs is 3. The number of nitrogens with one attached hydrogen (secondary N) is 1. The Morgan fingerprint density at radius 3 is 2.79 bits per heavy atom. The number of nitrogens with zero attached hydrogens (tertiary/aromatic N) is 1. The van der Waals surface area contributed by atoms with Crippen LogP contribution in [-0.2, 0) is 17.8 Å². The van der Waals surface area contributed by atoms with Gasteiger partial charge in [-0.1, -0.05) is 35.9 Å². The van der Waals surface area contributed by atoms with Gasteiger partial charge >= 0.3 is 0 Å². The highest BCUT2D eigenvalue weighted by atomic mass is 16.5. The fourth-order valence-electron chi connectivity index (χ4n) is 3.28. The number of para-hydroxylation sites is 1. The summed E-state index contributed by atoms with van der Waals surface area (Å²) >= 11 is 0. The number of carbonyl (C=O) groups excluding carboxylic acids is 1.